The van der Waals surface area contributed by atoms with Gasteiger partial charge in [0.2, 0.25) is 0 Å². The smallest absolute Gasteiger partial charge is 0.409 e. The first-order valence-electron chi connectivity index (χ1n) is 21.0. The summed E-state index contributed by atoms with van der Waals surface area (Å²) in [6.07, 6.45) is -0.170. The maximum absolute atomic E-state index is 11.4. The molecule has 1 aromatic carbocycles. The van der Waals surface area contributed by atoms with E-state index in [9.17, 15) is 4.79 Å². The van der Waals surface area contributed by atoms with Crippen LogP contribution < -0.4 is 0 Å². The lowest BCUT2D eigenvalue weighted by atomic mass is 9.87. The van der Waals surface area contributed by atoms with E-state index < -0.39 is 0 Å². The van der Waals surface area contributed by atoms with Crippen molar-refractivity contribution in [1.82, 2.24) is 34.3 Å². The molecular weight excluding hydrogens is 663 g/mol. The standard InChI is InChI=1S/C18H30N2.C10H20N2O2.C8H18N2.C7H15NO/c1-15(2)20-12-10-19(11-13-20)14-16-6-8-17(9-7-16)18(3,4)5;1-4-14-10(13)12-7-5-11(6-8-12)9(2)3;1-8(2)10-6-4-9(3)5-7-10;1-7(2)8-3-5-9-6-4-8/h6-9,15H,10-14H2,1-5H3;9H,4-8H2,1-3H3;8H,4-7H2,1-3H3;7H,3-6H2,1-2H3. The molecule has 4 aliphatic rings. The Morgan fingerprint density at radius 3 is 1.40 bits per heavy atom. The van der Waals surface area contributed by atoms with Crippen LogP contribution >= 0.6 is 0 Å². The summed E-state index contributed by atoms with van der Waals surface area (Å²) in [5, 5.41) is 0. The molecule has 0 spiro atoms. The number of piperazine rings is 3. The molecule has 0 unspecified atom stereocenters. The molecule has 1 aromatic rings. The van der Waals surface area contributed by atoms with Crippen molar-refractivity contribution in [3.63, 3.8) is 0 Å². The van der Waals surface area contributed by atoms with E-state index in [0.29, 0.717) is 24.7 Å². The number of hydrogen-bond acceptors (Lipinski definition) is 9. The Kier molecular flexibility index (Phi) is 22.0. The molecule has 0 bridgehead atoms. The maximum Gasteiger partial charge on any atom is 0.409 e. The molecule has 0 N–H and O–H groups in total. The number of carbonyl (C=O) groups is 1. The van der Waals surface area contributed by atoms with Gasteiger partial charge in [0.05, 0.1) is 19.8 Å². The van der Waals surface area contributed by atoms with Gasteiger partial charge >= 0.3 is 6.09 Å². The summed E-state index contributed by atoms with van der Waals surface area (Å²) in [5.74, 6) is 0. The average Bonchev–Trinajstić information content (AvgIpc) is 3.13. The van der Waals surface area contributed by atoms with E-state index in [1.807, 2.05) is 6.92 Å². The van der Waals surface area contributed by atoms with Crippen LogP contribution in [-0.2, 0) is 21.4 Å². The molecule has 0 atom stereocenters. The van der Waals surface area contributed by atoms with Crippen LogP contribution in [0.1, 0.15) is 94.2 Å². The molecule has 4 heterocycles. The van der Waals surface area contributed by atoms with Crippen LogP contribution in [0.15, 0.2) is 24.3 Å². The Hall–Kier alpha value is -1.79. The third kappa shape index (κ3) is 18.6. The molecule has 308 valence electrons. The summed E-state index contributed by atoms with van der Waals surface area (Å²) in [6, 6.07) is 11.9. The van der Waals surface area contributed by atoms with Gasteiger partial charge < -0.3 is 19.3 Å². The topological polar surface area (TPSA) is 58.2 Å². The first-order valence-corrected chi connectivity index (χ1v) is 21.0. The fraction of sp³-hybridized carbons (Fsp3) is 0.837. The van der Waals surface area contributed by atoms with Crippen LogP contribution in [-0.4, -0.2) is 183 Å². The van der Waals surface area contributed by atoms with E-state index in [1.54, 1.807) is 4.90 Å². The zero-order valence-corrected chi connectivity index (χ0v) is 36.7. The molecule has 4 saturated heterocycles. The quantitative estimate of drug-likeness (QED) is 0.333. The lowest BCUT2D eigenvalue weighted by molar-refractivity contribution is 0.0238. The Morgan fingerprint density at radius 2 is 1.02 bits per heavy atom. The highest BCUT2D eigenvalue weighted by molar-refractivity contribution is 5.67. The van der Waals surface area contributed by atoms with Gasteiger partial charge in [-0.25, -0.2) is 4.79 Å². The summed E-state index contributed by atoms with van der Waals surface area (Å²) in [7, 11) is 2.19. The second kappa shape index (κ2) is 24.7. The largest absolute Gasteiger partial charge is 0.450 e. The second-order valence-corrected chi connectivity index (χ2v) is 17.3. The van der Waals surface area contributed by atoms with E-state index in [1.165, 1.54) is 63.5 Å². The van der Waals surface area contributed by atoms with E-state index in [4.69, 9.17) is 9.47 Å². The van der Waals surface area contributed by atoms with Crippen molar-refractivity contribution in [2.75, 3.05) is 118 Å². The molecule has 4 fully saturated rings. The molecular formula is C43H83N7O3. The van der Waals surface area contributed by atoms with Crippen molar-refractivity contribution in [2.24, 2.45) is 0 Å². The number of likely N-dealkylation sites (N-methyl/N-ethyl adjacent to an activating group) is 1. The van der Waals surface area contributed by atoms with E-state index in [2.05, 4.69) is 137 Å². The molecule has 10 heteroatoms. The van der Waals surface area contributed by atoms with Crippen molar-refractivity contribution >= 4 is 6.09 Å². The van der Waals surface area contributed by atoms with E-state index in [0.717, 1.165) is 65.1 Å². The minimum Gasteiger partial charge on any atom is -0.450 e. The van der Waals surface area contributed by atoms with Crippen molar-refractivity contribution < 1.29 is 14.3 Å². The highest BCUT2D eigenvalue weighted by Crippen LogP contribution is 2.23. The second-order valence-electron chi connectivity index (χ2n) is 17.3. The van der Waals surface area contributed by atoms with Gasteiger partial charge in [-0.3, -0.25) is 24.5 Å². The molecule has 0 aliphatic carbocycles. The summed E-state index contributed by atoms with van der Waals surface area (Å²) in [5.41, 5.74) is 3.11. The number of amides is 1. The zero-order chi connectivity index (χ0) is 39.6. The number of carbonyl (C=O) groups excluding carboxylic acids is 1. The fourth-order valence-corrected chi connectivity index (χ4v) is 6.87. The minimum atomic E-state index is -0.170. The molecule has 53 heavy (non-hydrogen) atoms. The van der Waals surface area contributed by atoms with Crippen LogP contribution in [0.2, 0.25) is 0 Å². The van der Waals surface area contributed by atoms with Gasteiger partial charge in [-0.1, -0.05) is 45.0 Å². The SMILES string of the molecule is CC(C)N1CCN(C)CC1.CC(C)N1CCN(Cc2ccc(C(C)(C)C)cc2)CC1.CC(C)N1CCOCC1.CCOC(=O)N1CCN(C(C)C)CC1. The van der Waals surface area contributed by atoms with Crippen molar-refractivity contribution in [3.8, 4) is 0 Å². The van der Waals surface area contributed by atoms with E-state index in [-0.39, 0.29) is 11.5 Å². The Balaban J connectivity index is 0.000000258. The monoisotopic (exact) mass is 746 g/mol. The third-order valence-electron chi connectivity index (χ3n) is 11.0. The first kappa shape index (κ1) is 47.4. The van der Waals surface area contributed by atoms with Gasteiger partial charge in [0.25, 0.3) is 0 Å². The van der Waals surface area contributed by atoms with Crippen LogP contribution in [0.3, 0.4) is 0 Å². The van der Waals surface area contributed by atoms with Crippen molar-refractivity contribution in [3.05, 3.63) is 35.4 Å². The molecule has 4 aliphatic heterocycles. The Bertz CT molecular complexity index is 1080. The highest BCUT2D eigenvalue weighted by atomic mass is 16.6. The lowest BCUT2D eigenvalue weighted by Crippen LogP contribution is -2.50. The predicted octanol–water partition coefficient (Wildman–Crippen LogP) is 6.05. The lowest BCUT2D eigenvalue weighted by Gasteiger charge is -2.37. The average molecular weight is 746 g/mol. The molecule has 5 rings (SSSR count). The normalized spacial score (nSPS) is 20.4. The molecule has 10 nitrogen and oxygen atoms in total. The number of ether oxygens (including phenoxy) is 2. The van der Waals surface area contributed by atoms with Gasteiger partial charge in [0, 0.05) is 122 Å². The Labute approximate surface area is 327 Å². The number of nitrogens with zero attached hydrogens (tertiary/aromatic N) is 7. The van der Waals surface area contributed by atoms with Gasteiger partial charge in [0.15, 0.2) is 0 Å². The zero-order valence-electron chi connectivity index (χ0n) is 36.7. The fourth-order valence-electron chi connectivity index (χ4n) is 6.87. The summed E-state index contributed by atoms with van der Waals surface area (Å²) < 4.78 is 10.2. The molecule has 0 saturated carbocycles. The van der Waals surface area contributed by atoms with Crippen LogP contribution in [0.25, 0.3) is 0 Å². The highest BCUT2D eigenvalue weighted by Gasteiger charge is 2.23. The first-order chi connectivity index (χ1) is 25.0. The molecule has 1 amide bonds. The van der Waals surface area contributed by atoms with Gasteiger partial charge in [-0.2, -0.15) is 0 Å². The number of morpholine rings is 1. The van der Waals surface area contributed by atoms with Crippen LogP contribution in [0.5, 0.6) is 0 Å². The van der Waals surface area contributed by atoms with Crippen LogP contribution in [0.4, 0.5) is 4.79 Å². The van der Waals surface area contributed by atoms with Gasteiger partial charge in [-0.15, -0.1) is 0 Å². The summed E-state index contributed by atoms with van der Waals surface area (Å²) in [4.78, 5) is 28.0. The van der Waals surface area contributed by atoms with Crippen molar-refractivity contribution in [1.29, 1.82) is 0 Å². The Morgan fingerprint density at radius 1 is 0.623 bits per heavy atom. The molecule has 0 aromatic heterocycles. The van der Waals surface area contributed by atoms with Gasteiger partial charge in [0.1, 0.15) is 0 Å². The molecule has 0 radical (unpaired) electrons. The van der Waals surface area contributed by atoms with Crippen molar-refractivity contribution in [2.45, 2.75) is 119 Å². The minimum absolute atomic E-state index is 0.170. The van der Waals surface area contributed by atoms with E-state index >= 15 is 0 Å². The number of hydrogen-bond donors (Lipinski definition) is 0. The maximum atomic E-state index is 11.4. The number of benzene rings is 1. The number of rotatable bonds is 7. The van der Waals surface area contributed by atoms with Crippen LogP contribution in [0, 0.1) is 0 Å². The summed E-state index contributed by atoms with van der Waals surface area (Å²) >= 11 is 0. The third-order valence-corrected chi connectivity index (χ3v) is 11.0. The summed E-state index contributed by atoms with van der Waals surface area (Å²) in [6.45, 7) is 45.4. The predicted molar refractivity (Wildman–Crippen MR) is 224 cm³/mol. The van der Waals surface area contributed by atoms with Gasteiger partial charge in [-0.05, 0) is 85.9 Å².